The van der Waals surface area contributed by atoms with Crippen LogP contribution in [0.5, 0.6) is 0 Å². The molecule has 1 N–H and O–H groups in total. The quantitative estimate of drug-likeness (QED) is 0.805. The van der Waals surface area contributed by atoms with Crippen LogP contribution in [-0.2, 0) is 9.53 Å². The molecule has 1 saturated heterocycles. The number of anilines is 2. The number of carbonyl (C=O) groups excluding carboxylic acids is 2. The first-order valence-electron chi connectivity index (χ1n) is 8.08. The Morgan fingerprint density at radius 1 is 1.20 bits per heavy atom. The number of alkyl halides is 1. The molecule has 138 valence electrons. The molecule has 0 aromatic heterocycles. The number of benzene rings is 1. The van der Waals surface area contributed by atoms with Gasteiger partial charge in [-0.3, -0.25) is 4.79 Å². The van der Waals surface area contributed by atoms with Gasteiger partial charge in [-0.05, 0) is 39.0 Å². The van der Waals surface area contributed by atoms with Crippen molar-refractivity contribution in [3.8, 4) is 0 Å². The van der Waals surface area contributed by atoms with Crippen LogP contribution in [0.25, 0.3) is 0 Å². The molecule has 6 nitrogen and oxygen atoms in total. The van der Waals surface area contributed by atoms with Crippen LogP contribution in [0.15, 0.2) is 18.2 Å². The monoisotopic (exact) mass is 387 g/mol. The molecular formula is C17H23Cl2N3O3. The minimum atomic E-state index is -0.500. The van der Waals surface area contributed by atoms with E-state index in [1.165, 1.54) is 0 Å². The van der Waals surface area contributed by atoms with Crippen LogP contribution in [0.2, 0.25) is 5.02 Å². The molecule has 1 aliphatic rings. The Balaban J connectivity index is 1.99. The van der Waals surface area contributed by atoms with Crippen molar-refractivity contribution < 1.29 is 14.3 Å². The van der Waals surface area contributed by atoms with Crippen LogP contribution in [0, 0.1) is 0 Å². The molecule has 0 radical (unpaired) electrons. The zero-order chi connectivity index (χ0) is 18.6. The molecule has 1 fully saturated rings. The second-order valence-electron chi connectivity index (χ2n) is 6.80. The second-order valence-corrected chi connectivity index (χ2v) is 7.47. The van der Waals surface area contributed by atoms with Gasteiger partial charge in [0.1, 0.15) is 11.5 Å². The third-order valence-corrected chi connectivity index (χ3v) is 4.21. The van der Waals surface area contributed by atoms with Gasteiger partial charge >= 0.3 is 6.09 Å². The Bertz CT molecular complexity index is 639. The van der Waals surface area contributed by atoms with E-state index in [9.17, 15) is 9.59 Å². The summed E-state index contributed by atoms with van der Waals surface area (Å²) >= 11 is 11.6. The van der Waals surface area contributed by atoms with Gasteiger partial charge in [0.2, 0.25) is 5.91 Å². The number of ether oxygens (including phenoxy) is 1. The number of hydrogen-bond donors (Lipinski definition) is 1. The van der Waals surface area contributed by atoms with Gasteiger partial charge in [-0.2, -0.15) is 0 Å². The highest BCUT2D eigenvalue weighted by atomic mass is 35.5. The van der Waals surface area contributed by atoms with Gasteiger partial charge in [0.25, 0.3) is 0 Å². The molecule has 1 aromatic carbocycles. The summed E-state index contributed by atoms with van der Waals surface area (Å²) in [5.41, 5.74) is 0.956. The van der Waals surface area contributed by atoms with E-state index in [0.717, 1.165) is 5.69 Å². The van der Waals surface area contributed by atoms with E-state index in [1.54, 1.807) is 11.0 Å². The Hall–Kier alpha value is -1.66. The lowest BCUT2D eigenvalue weighted by atomic mass is 10.2. The number of amides is 2. The summed E-state index contributed by atoms with van der Waals surface area (Å²) in [4.78, 5) is 27.4. The highest BCUT2D eigenvalue weighted by Gasteiger charge is 2.26. The molecule has 0 saturated carbocycles. The lowest BCUT2D eigenvalue weighted by Gasteiger charge is -2.37. The molecule has 1 aromatic rings. The van der Waals surface area contributed by atoms with Crippen molar-refractivity contribution in [2.45, 2.75) is 26.4 Å². The standard InChI is InChI=1S/C17H23Cl2N3O3/c1-17(2,3)25-16(24)22-8-6-21(7-9-22)12-4-5-13(19)14(10-12)20-15(23)11-18/h4-5,10H,6-9,11H2,1-3H3,(H,20,23). The van der Waals surface area contributed by atoms with Crippen molar-refractivity contribution in [2.24, 2.45) is 0 Å². The molecule has 8 heteroatoms. The number of piperazine rings is 1. The molecule has 0 unspecified atom stereocenters. The highest BCUT2D eigenvalue weighted by Crippen LogP contribution is 2.28. The van der Waals surface area contributed by atoms with Gasteiger partial charge < -0.3 is 19.9 Å². The maximum atomic E-state index is 12.1. The molecule has 1 heterocycles. The van der Waals surface area contributed by atoms with Gasteiger partial charge in [0.05, 0.1) is 10.7 Å². The summed E-state index contributed by atoms with van der Waals surface area (Å²) in [6.07, 6.45) is -0.293. The normalized spacial score (nSPS) is 15.1. The molecule has 25 heavy (non-hydrogen) atoms. The van der Waals surface area contributed by atoms with Crippen LogP contribution in [0.1, 0.15) is 20.8 Å². The lowest BCUT2D eigenvalue weighted by molar-refractivity contribution is -0.113. The highest BCUT2D eigenvalue weighted by molar-refractivity contribution is 6.34. The first-order valence-corrected chi connectivity index (χ1v) is 8.99. The van der Waals surface area contributed by atoms with Gasteiger partial charge in [0, 0.05) is 31.9 Å². The number of nitrogens with zero attached hydrogens (tertiary/aromatic N) is 2. The summed E-state index contributed by atoms with van der Waals surface area (Å²) in [5, 5.41) is 3.13. The largest absolute Gasteiger partial charge is 0.444 e. The van der Waals surface area contributed by atoms with Crippen LogP contribution in [0.4, 0.5) is 16.2 Å². The fraction of sp³-hybridized carbons (Fsp3) is 0.529. The fourth-order valence-electron chi connectivity index (χ4n) is 2.46. The summed E-state index contributed by atoms with van der Waals surface area (Å²) in [6.45, 7) is 8.04. The van der Waals surface area contributed by atoms with E-state index >= 15 is 0 Å². The average molecular weight is 388 g/mol. The molecule has 1 aliphatic heterocycles. The molecule has 2 rings (SSSR count). The number of carbonyl (C=O) groups is 2. The van der Waals surface area contributed by atoms with Crippen molar-refractivity contribution in [3.05, 3.63) is 23.2 Å². The summed E-state index contributed by atoms with van der Waals surface area (Å²) in [5.74, 6) is -0.440. The van der Waals surface area contributed by atoms with E-state index in [1.807, 2.05) is 32.9 Å². The Morgan fingerprint density at radius 3 is 2.40 bits per heavy atom. The number of halogens is 2. The topological polar surface area (TPSA) is 61.9 Å². The third-order valence-electron chi connectivity index (χ3n) is 3.64. The van der Waals surface area contributed by atoms with Gasteiger partial charge in [-0.1, -0.05) is 11.6 Å². The molecular weight excluding hydrogens is 365 g/mol. The van der Waals surface area contributed by atoms with E-state index in [0.29, 0.717) is 36.9 Å². The van der Waals surface area contributed by atoms with Crippen molar-refractivity contribution in [2.75, 3.05) is 42.3 Å². The molecule has 2 amide bonds. The van der Waals surface area contributed by atoms with Crippen molar-refractivity contribution in [3.63, 3.8) is 0 Å². The first kappa shape index (κ1) is 19.7. The SMILES string of the molecule is CC(C)(C)OC(=O)N1CCN(c2ccc(Cl)c(NC(=O)CCl)c2)CC1. The minimum Gasteiger partial charge on any atom is -0.444 e. The van der Waals surface area contributed by atoms with Crippen LogP contribution in [-0.4, -0.2) is 54.6 Å². The van der Waals surface area contributed by atoms with E-state index in [4.69, 9.17) is 27.9 Å². The smallest absolute Gasteiger partial charge is 0.410 e. The number of nitrogens with one attached hydrogen (secondary N) is 1. The Morgan fingerprint density at radius 2 is 1.84 bits per heavy atom. The van der Waals surface area contributed by atoms with Crippen LogP contribution in [0.3, 0.4) is 0 Å². The van der Waals surface area contributed by atoms with Crippen LogP contribution < -0.4 is 10.2 Å². The van der Waals surface area contributed by atoms with E-state index < -0.39 is 5.60 Å². The zero-order valence-electron chi connectivity index (χ0n) is 14.6. The van der Waals surface area contributed by atoms with Crippen LogP contribution >= 0.6 is 23.2 Å². The third kappa shape index (κ3) is 5.68. The van der Waals surface area contributed by atoms with E-state index in [-0.39, 0.29) is 17.9 Å². The van der Waals surface area contributed by atoms with E-state index in [2.05, 4.69) is 10.2 Å². The maximum absolute atomic E-state index is 12.1. The van der Waals surface area contributed by atoms with Crippen molar-refractivity contribution in [1.29, 1.82) is 0 Å². The summed E-state index contributed by atoms with van der Waals surface area (Å²) in [7, 11) is 0. The predicted molar refractivity (Wildman–Crippen MR) is 101 cm³/mol. The van der Waals surface area contributed by atoms with Gasteiger partial charge in [-0.15, -0.1) is 11.6 Å². The first-order chi connectivity index (χ1) is 11.7. The minimum absolute atomic E-state index is 0.130. The zero-order valence-corrected chi connectivity index (χ0v) is 16.2. The molecule has 0 bridgehead atoms. The van der Waals surface area contributed by atoms with Gasteiger partial charge in [0.15, 0.2) is 0 Å². The van der Waals surface area contributed by atoms with Crippen molar-refractivity contribution >= 4 is 46.6 Å². The summed E-state index contributed by atoms with van der Waals surface area (Å²) in [6, 6.07) is 5.44. The molecule has 0 atom stereocenters. The fourth-order valence-corrected chi connectivity index (χ4v) is 2.69. The maximum Gasteiger partial charge on any atom is 0.410 e. The molecule has 0 aliphatic carbocycles. The predicted octanol–water partition coefficient (Wildman–Crippen LogP) is 3.57. The Kier molecular flexibility index (Phi) is 6.41. The average Bonchev–Trinajstić information content (AvgIpc) is 2.55. The lowest BCUT2D eigenvalue weighted by Crippen LogP contribution is -2.50. The second kappa shape index (κ2) is 8.15. The number of hydrogen-bond acceptors (Lipinski definition) is 4. The number of rotatable bonds is 3. The summed E-state index contributed by atoms with van der Waals surface area (Å²) < 4.78 is 5.40. The molecule has 0 spiro atoms. The van der Waals surface area contributed by atoms with Crippen molar-refractivity contribution in [1.82, 2.24) is 4.90 Å². The Labute approximate surface area is 158 Å². The van der Waals surface area contributed by atoms with Gasteiger partial charge in [-0.25, -0.2) is 4.79 Å².